The molecule has 1 spiro atoms. The molecule has 0 radical (unpaired) electrons. The molecule has 4 aliphatic rings. The van der Waals surface area contributed by atoms with Crippen molar-refractivity contribution < 1.29 is 4.42 Å². The van der Waals surface area contributed by atoms with Crippen LogP contribution in [0.25, 0.3) is 33.7 Å². The molecule has 0 aliphatic heterocycles. The summed E-state index contributed by atoms with van der Waals surface area (Å²) >= 11 is 0. The molecular formula is C29H16O. The predicted molar refractivity (Wildman–Crippen MR) is 120 cm³/mol. The van der Waals surface area contributed by atoms with Crippen LogP contribution in [0.5, 0.6) is 0 Å². The number of furan rings is 1. The van der Waals surface area contributed by atoms with E-state index in [1.54, 1.807) is 0 Å². The Morgan fingerprint density at radius 2 is 1.57 bits per heavy atom. The maximum Gasteiger partial charge on any atom is 0.135 e. The molecule has 0 fully saturated rings. The highest BCUT2D eigenvalue weighted by Crippen LogP contribution is 2.63. The Bertz CT molecular complexity index is 1550. The third kappa shape index (κ3) is 1.47. The van der Waals surface area contributed by atoms with Gasteiger partial charge in [-0.15, -0.1) is 5.73 Å². The first-order valence-electron chi connectivity index (χ1n) is 10.5. The van der Waals surface area contributed by atoms with Crippen molar-refractivity contribution in [2.24, 2.45) is 0 Å². The first-order valence-corrected chi connectivity index (χ1v) is 10.5. The van der Waals surface area contributed by atoms with Gasteiger partial charge in [0.2, 0.25) is 0 Å². The average Bonchev–Trinajstić information content (AvgIpc) is 3.56. The van der Waals surface area contributed by atoms with E-state index in [0.717, 1.165) is 17.8 Å². The third-order valence-electron chi connectivity index (χ3n) is 7.35. The van der Waals surface area contributed by atoms with Crippen molar-refractivity contribution >= 4 is 22.6 Å². The lowest BCUT2D eigenvalue weighted by Gasteiger charge is -2.31. The fourth-order valence-corrected chi connectivity index (χ4v) is 6.23. The van der Waals surface area contributed by atoms with Crippen LogP contribution >= 0.6 is 0 Å². The topological polar surface area (TPSA) is 13.1 Å². The van der Waals surface area contributed by atoms with Gasteiger partial charge in [0.05, 0.1) is 5.41 Å². The second-order valence-corrected chi connectivity index (χ2v) is 8.57. The Balaban J connectivity index is 1.57. The number of hydrogen-bond donors (Lipinski definition) is 0. The molecule has 4 aliphatic carbocycles. The summed E-state index contributed by atoms with van der Waals surface area (Å²) in [5.74, 6) is 1.02. The van der Waals surface area contributed by atoms with E-state index in [2.05, 4.69) is 90.7 Å². The Morgan fingerprint density at radius 3 is 2.37 bits per heavy atom. The van der Waals surface area contributed by atoms with Crippen LogP contribution < -0.4 is 0 Å². The van der Waals surface area contributed by atoms with Crippen LogP contribution in [0.4, 0.5) is 0 Å². The summed E-state index contributed by atoms with van der Waals surface area (Å²) in [7, 11) is 0. The minimum Gasteiger partial charge on any atom is -0.456 e. The van der Waals surface area contributed by atoms with Gasteiger partial charge in [-0.3, -0.25) is 0 Å². The first kappa shape index (κ1) is 15.1. The first-order chi connectivity index (χ1) is 14.9. The maximum atomic E-state index is 6.30. The van der Waals surface area contributed by atoms with Gasteiger partial charge in [0.15, 0.2) is 0 Å². The largest absolute Gasteiger partial charge is 0.456 e. The second kappa shape index (κ2) is 4.84. The number of allylic oxidation sites excluding steroid dienone is 4. The van der Waals surface area contributed by atoms with E-state index in [4.69, 9.17) is 4.42 Å². The zero-order valence-electron chi connectivity index (χ0n) is 16.2. The van der Waals surface area contributed by atoms with Gasteiger partial charge < -0.3 is 4.42 Å². The van der Waals surface area contributed by atoms with Gasteiger partial charge >= 0.3 is 0 Å². The van der Waals surface area contributed by atoms with Crippen molar-refractivity contribution in [1.29, 1.82) is 0 Å². The fraction of sp³-hybridized carbons (Fsp3) is 0.0690. The van der Waals surface area contributed by atoms with Crippen LogP contribution in [-0.2, 0) is 11.8 Å². The molecular weight excluding hydrogens is 364 g/mol. The van der Waals surface area contributed by atoms with E-state index >= 15 is 0 Å². The van der Waals surface area contributed by atoms with E-state index in [1.165, 1.54) is 55.5 Å². The molecule has 8 rings (SSSR count). The summed E-state index contributed by atoms with van der Waals surface area (Å²) in [4.78, 5) is 0. The monoisotopic (exact) mass is 380 g/mol. The van der Waals surface area contributed by atoms with Gasteiger partial charge in [0.1, 0.15) is 11.3 Å². The van der Waals surface area contributed by atoms with Gasteiger partial charge in [-0.25, -0.2) is 0 Å². The van der Waals surface area contributed by atoms with Crippen LogP contribution in [0.1, 0.15) is 33.6 Å². The van der Waals surface area contributed by atoms with Crippen LogP contribution in [0.2, 0.25) is 0 Å². The van der Waals surface area contributed by atoms with Crippen molar-refractivity contribution in [2.45, 2.75) is 11.8 Å². The molecule has 1 aromatic heterocycles. The van der Waals surface area contributed by atoms with Crippen LogP contribution in [0, 0.1) is 0 Å². The van der Waals surface area contributed by atoms with Gasteiger partial charge in [0, 0.05) is 10.9 Å². The molecule has 0 N–H and O–H groups in total. The van der Waals surface area contributed by atoms with Crippen LogP contribution in [0.15, 0.2) is 94.6 Å². The lowest BCUT2D eigenvalue weighted by molar-refractivity contribution is 0.601. The molecule has 138 valence electrons. The molecule has 0 atom stereocenters. The molecule has 0 saturated heterocycles. The molecule has 4 aromatic rings. The quantitative estimate of drug-likeness (QED) is 0.305. The minimum absolute atomic E-state index is 0.293. The third-order valence-corrected chi connectivity index (χ3v) is 7.35. The Labute approximate surface area is 174 Å². The van der Waals surface area contributed by atoms with E-state index in [-0.39, 0.29) is 5.41 Å². The average molecular weight is 380 g/mol. The molecule has 0 bridgehead atoms. The summed E-state index contributed by atoms with van der Waals surface area (Å²) in [5.41, 5.74) is 16.1. The zero-order chi connectivity index (χ0) is 19.4. The summed E-state index contributed by atoms with van der Waals surface area (Å²) in [5, 5.41) is 1.25. The normalized spacial score (nSPS) is 17.7. The number of hydrogen-bond acceptors (Lipinski definition) is 1. The van der Waals surface area contributed by atoms with Crippen molar-refractivity contribution in [1.82, 2.24) is 0 Å². The highest BCUT2D eigenvalue weighted by atomic mass is 16.3. The predicted octanol–water partition coefficient (Wildman–Crippen LogP) is 6.81. The van der Waals surface area contributed by atoms with Gasteiger partial charge in [0.25, 0.3) is 0 Å². The highest BCUT2D eigenvalue weighted by molar-refractivity contribution is 6.02. The summed E-state index contributed by atoms with van der Waals surface area (Å²) < 4.78 is 6.30. The molecule has 1 heteroatoms. The molecule has 0 saturated carbocycles. The van der Waals surface area contributed by atoms with E-state index < -0.39 is 0 Å². The number of benzene rings is 3. The lowest BCUT2D eigenvalue weighted by Crippen LogP contribution is -2.26. The number of rotatable bonds is 0. The second-order valence-electron chi connectivity index (χ2n) is 8.57. The standard InChI is InChI=1S/C29H16O/c1-3-11-23-17(7-1)18-8-2-4-12-24(18)29(23)25-13-5-9-19(25)21-15-22-20-10-6-14-27(20)30-28(22)16-26(21)29/h1-4,6-9,11-16H,10H2. The summed E-state index contributed by atoms with van der Waals surface area (Å²) in [6.07, 6.45) is 9.61. The highest BCUT2D eigenvalue weighted by Gasteiger charge is 2.52. The minimum atomic E-state index is -0.293. The summed E-state index contributed by atoms with van der Waals surface area (Å²) in [6.45, 7) is 0. The van der Waals surface area contributed by atoms with Crippen LogP contribution in [-0.4, -0.2) is 0 Å². The lowest BCUT2D eigenvalue weighted by atomic mass is 9.69. The van der Waals surface area contributed by atoms with Crippen molar-refractivity contribution in [3.8, 4) is 11.1 Å². The van der Waals surface area contributed by atoms with Gasteiger partial charge in [-0.2, -0.15) is 0 Å². The SMILES string of the molecule is C1=CC2=C(C=1)C1(c3cc4oc5c(c4cc32)CC=C5)c2ccccc2-c2ccccc21. The Morgan fingerprint density at radius 1 is 0.800 bits per heavy atom. The molecule has 0 unspecified atom stereocenters. The molecule has 30 heavy (non-hydrogen) atoms. The fourth-order valence-electron chi connectivity index (χ4n) is 6.23. The van der Waals surface area contributed by atoms with Gasteiger partial charge in [-0.05, 0) is 81.3 Å². The van der Waals surface area contributed by atoms with Crippen molar-refractivity contribution in [3.63, 3.8) is 0 Å². The van der Waals surface area contributed by atoms with Gasteiger partial charge in [-0.1, -0.05) is 54.6 Å². The van der Waals surface area contributed by atoms with Crippen molar-refractivity contribution in [3.05, 3.63) is 124 Å². The van der Waals surface area contributed by atoms with Crippen LogP contribution in [0.3, 0.4) is 0 Å². The smallest absolute Gasteiger partial charge is 0.135 e. The van der Waals surface area contributed by atoms with E-state index in [9.17, 15) is 0 Å². The Kier molecular flexibility index (Phi) is 2.44. The summed E-state index contributed by atoms with van der Waals surface area (Å²) in [6, 6.07) is 22.4. The van der Waals surface area contributed by atoms with E-state index in [1.807, 2.05) is 0 Å². The Hall–Kier alpha value is -3.80. The molecule has 0 amide bonds. The molecule has 1 nitrogen and oxygen atoms in total. The maximum absolute atomic E-state index is 6.30. The zero-order valence-corrected chi connectivity index (χ0v) is 16.2. The molecule has 3 aromatic carbocycles. The number of fused-ring (bicyclic) bond motifs is 12. The molecule has 1 heterocycles. The van der Waals surface area contributed by atoms with E-state index in [0.29, 0.717) is 0 Å². The van der Waals surface area contributed by atoms with Crippen molar-refractivity contribution in [2.75, 3.05) is 0 Å².